The van der Waals surface area contributed by atoms with Gasteiger partial charge in [0.25, 0.3) is 0 Å². The van der Waals surface area contributed by atoms with E-state index in [0.717, 1.165) is 0 Å². The minimum absolute atomic E-state index is 0.329. The van der Waals surface area contributed by atoms with E-state index < -0.39 is 5.66 Å². The van der Waals surface area contributed by atoms with Gasteiger partial charge in [0, 0.05) is 18.2 Å². The molecule has 7 N–H and O–H groups in total. The van der Waals surface area contributed by atoms with Gasteiger partial charge < -0.3 is 22.6 Å². The van der Waals surface area contributed by atoms with Gasteiger partial charge in [0.2, 0.25) is 0 Å². The van der Waals surface area contributed by atoms with Crippen LogP contribution in [0.2, 0.25) is 0 Å². The third-order valence-electron chi connectivity index (χ3n) is 1.66. The smallest absolute Gasteiger partial charge is 0.0991 e. The fraction of sp³-hybridized carbons (Fsp3) is 0.500. The van der Waals surface area contributed by atoms with Gasteiger partial charge in [-0.2, -0.15) is 0 Å². The zero-order valence-corrected chi connectivity index (χ0v) is 5.67. The zero-order chi connectivity index (χ0) is 7.78. The Bertz CT molecular complexity index is 182. The van der Waals surface area contributed by atoms with E-state index in [2.05, 4.69) is 0 Å². The Morgan fingerprint density at radius 1 is 1.60 bits per heavy atom. The van der Waals surface area contributed by atoms with Crippen LogP contribution in [0.15, 0.2) is 12.2 Å². The summed E-state index contributed by atoms with van der Waals surface area (Å²) in [6, 6.07) is -0.329. The highest BCUT2D eigenvalue weighted by Crippen LogP contribution is 2.10. The largest absolute Gasteiger partial charge is 0.324 e. The Hall–Kier alpha value is -0.710. The quantitative estimate of drug-likeness (QED) is 0.321. The molecule has 0 fully saturated rings. The van der Waals surface area contributed by atoms with Crippen molar-refractivity contribution in [2.75, 3.05) is 0 Å². The van der Waals surface area contributed by atoms with Crippen molar-refractivity contribution >= 4 is 5.71 Å². The Labute approximate surface area is 59.6 Å². The lowest BCUT2D eigenvalue weighted by molar-refractivity contribution is 0.437. The molecule has 10 heavy (non-hydrogen) atoms. The maximum absolute atomic E-state index is 7.22. The van der Waals surface area contributed by atoms with E-state index in [0.29, 0.717) is 12.1 Å². The highest BCUT2D eigenvalue weighted by molar-refractivity contribution is 5.94. The van der Waals surface area contributed by atoms with Crippen molar-refractivity contribution in [3.63, 3.8) is 0 Å². The molecule has 0 radical (unpaired) electrons. The van der Waals surface area contributed by atoms with Gasteiger partial charge in [0.05, 0.1) is 5.66 Å². The molecule has 0 amide bonds. The van der Waals surface area contributed by atoms with Crippen molar-refractivity contribution in [3.8, 4) is 0 Å². The first-order valence-electron chi connectivity index (χ1n) is 3.12. The molecule has 1 aliphatic carbocycles. The Morgan fingerprint density at radius 3 is 2.60 bits per heavy atom. The van der Waals surface area contributed by atoms with Crippen LogP contribution in [0, 0.1) is 5.41 Å². The maximum atomic E-state index is 7.22. The second-order valence-electron chi connectivity index (χ2n) is 2.67. The van der Waals surface area contributed by atoms with E-state index in [-0.39, 0.29) is 6.04 Å². The van der Waals surface area contributed by atoms with Crippen LogP contribution in [0.25, 0.3) is 0 Å². The lowest BCUT2D eigenvalue weighted by atomic mass is 9.91. The normalized spacial score (nSPS) is 30.7. The minimum Gasteiger partial charge on any atom is -0.324 e. The molecule has 1 rings (SSSR count). The van der Waals surface area contributed by atoms with Crippen molar-refractivity contribution < 1.29 is 0 Å². The van der Waals surface area contributed by atoms with Crippen molar-refractivity contribution in [1.82, 2.24) is 0 Å². The maximum Gasteiger partial charge on any atom is 0.0991 e. The average Bonchev–Trinajstić information content (AvgIpc) is 1.81. The lowest BCUT2D eigenvalue weighted by Gasteiger charge is -2.30. The zero-order valence-electron chi connectivity index (χ0n) is 5.67. The van der Waals surface area contributed by atoms with E-state index in [9.17, 15) is 0 Å². The number of allylic oxidation sites excluding steroid dienone is 1. The van der Waals surface area contributed by atoms with E-state index >= 15 is 0 Å². The molecule has 0 saturated heterocycles. The SMILES string of the molecule is N=C1C=CC(N)(N)C(N)C1. The number of rotatable bonds is 0. The highest BCUT2D eigenvalue weighted by Gasteiger charge is 2.28. The summed E-state index contributed by atoms with van der Waals surface area (Å²) < 4.78 is 0. The van der Waals surface area contributed by atoms with E-state index in [1.165, 1.54) is 0 Å². The molecule has 4 nitrogen and oxygen atoms in total. The first-order valence-corrected chi connectivity index (χ1v) is 3.12. The van der Waals surface area contributed by atoms with Crippen molar-refractivity contribution in [2.45, 2.75) is 18.1 Å². The summed E-state index contributed by atoms with van der Waals surface area (Å²) in [7, 11) is 0. The second kappa shape index (κ2) is 2.16. The molecule has 0 spiro atoms. The second-order valence-corrected chi connectivity index (χ2v) is 2.67. The monoisotopic (exact) mass is 140 g/mol. The summed E-state index contributed by atoms with van der Waals surface area (Å²) in [5.74, 6) is 0. The molecule has 56 valence electrons. The first kappa shape index (κ1) is 7.40. The highest BCUT2D eigenvalue weighted by atomic mass is 15.0. The van der Waals surface area contributed by atoms with Gasteiger partial charge in [0.1, 0.15) is 0 Å². The van der Waals surface area contributed by atoms with Gasteiger partial charge in [0.15, 0.2) is 0 Å². The molecular formula is C6H12N4. The van der Waals surface area contributed by atoms with Crippen LogP contribution in [0.3, 0.4) is 0 Å². The first-order chi connectivity index (χ1) is 4.52. The molecule has 0 aliphatic heterocycles. The fourth-order valence-electron chi connectivity index (χ4n) is 0.850. The van der Waals surface area contributed by atoms with Gasteiger partial charge in [-0.1, -0.05) is 0 Å². The van der Waals surface area contributed by atoms with E-state index in [1.54, 1.807) is 12.2 Å². The number of hydrogen-bond acceptors (Lipinski definition) is 4. The van der Waals surface area contributed by atoms with Gasteiger partial charge in [-0.05, 0) is 12.2 Å². The van der Waals surface area contributed by atoms with Crippen LogP contribution < -0.4 is 17.2 Å². The molecular weight excluding hydrogens is 128 g/mol. The summed E-state index contributed by atoms with van der Waals surface area (Å²) >= 11 is 0. The molecule has 1 aliphatic rings. The van der Waals surface area contributed by atoms with Gasteiger partial charge in [-0.25, -0.2) is 0 Å². The van der Waals surface area contributed by atoms with Crippen LogP contribution in [-0.2, 0) is 0 Å². The molecule has 1 unspecified atom stereocenters. The average molecular weight is 140 g/mol. The fourth-order valence-corrected chi connectivity index (χ4v) is 0.850. The summed E-state index contributed by atoms with van der Waals surface area (Å²) in [6.45, 7) is 0. The molecule has 1 atom stereocenters. The van der Waals surface area contributed by atoms with Crippen LogP contribution in [-0.4, -0.2) is 17.4 Å². The Morgan fingerprint density at radius 2 is 2.20 bits per heavy atom. The molecule has 0 aromatic carbocycles. The summed E-state index contributed by atoms with van der Waals surface area (Å²) in [5, 5.41) is 7.22. The van der Waals surface area contributed by atoms with Gasteiger partial charge >= 0.3 is 0 Å². The van der Waals surface area contributed by atoms with Crippen molar-refractivity contribution in [3.05, 3.63) is 12.2 Å². The Balaban J connectivity index is 2.82. The summed E-state index contributed by atoms with van der Waals surface area (Å²) in [4.78, 5) is 0. The minimum atomic E-state index is -0.926. The van der Waals surface area contributed by atoms with E-state index in [1.807, 2.05) is 0 Å². The third-order valence-corrected chi connectivity index (χ3v) is 1.66. The molecule has 0 aromatic heterocycles. The van der Waals surface area contributed by atoms with Crippen LogP contribution in [0.4, 0.5) is 0 Å². The number of nitrogens with two attached hydrogens (primary N) is 3. The third kappa shape index (κ3) is 1.23. The predicted octanol–water partition coefficient (Wildman–Crippen LogP) is -1.09. The molecule has 0 heterocycles. The van der Waals surface area contributed by atoms with Crippen LogP contribution in [0.5, 0.6) is 0 Å². The summed E-state index contributed by atoms with van der Waals surface area (Å²) in [5.41, 5.74) is 16.2. The Kier molecular flexibility index (Phi) is 1.60. The van der Waals surface area contributed by atoms with E-state index in [4.69, 9.17) is 22.6 Å². The number of nitrogens with one attached hydrogen (secondary N) is 1. The van der Waals surface area contributed by atoms with Crippen molar-refractivity contribution in [2.24, 2.45) is 17.2 Å². The lowest BCUT2D eigenvalue weighted by Crippen LogP contribution is -2.62. The predicted molar refractivity (Wildman–Crippen MR) is 40.6 cm³/mol. The topological polar surface area (TPSA) is 102 Å². The van der Waals surface area contributed by atoms with Gasteiger partial charge in [-0.3, -0.25) is 0 Å². The van der Waals surface area contributed by atoms with Crippen LogP contribution in [0.1, 0.15) is 6.42 Å². The summed E-state index contributed by atoms with van der Waals surface area (Å²) in [6.07, 6.45) is 3.64. The van der Waals surface area contributed by atoms with Crippen LogP contribution >= 0.6 is 0 Å². The molecule has 0 bridgehead atoms. The standard InChI is InChI=1S/C6H12N4/c7-4-1-2-6(9,10)5(8)3-4/h1-2,5,7H,3,8-10H2. The van der Waals surface area contributed by atoms with Gasteiger partial charge in [-0.15, -0.1) is 0 Å². The molecule has 0 aromatic rings. The molecule has 0 saturated carbocycles. The number of hydrogen-bond donors (Lipinski definition) is 4. The van der Waals surface area contributed by atoms with Crippen molar-refractivity contribution in [1.29, 1.82) is 5.41 Å². The molecule has 4 heteroatoms.